The molecule has 0 saturated heterocycles. The van der Waals surface area contributed by atoms with E-state index in [0.717, 1.165) is 38.5 Å². The van der Waals surface area contributed by atoms with E-state index in [2.05, 4.69) is 6.92 Å². The van der Waals surface area contributed by atoms with Gasteiger partial charge in [0.25, 0.3) is 0 Å². The van der Waals surface area contributed by atoms with Crippen LogP contribution in [0.5, 0.6) is 0 Å². The first-order valence-corrected chi connectivity index (χ1v) is 9.20. The molecule has 0 aliphatic carbocycles. The average molecular weight is 392 g/mol. The summed E-state index contributed by atoms with van der Waals surface area (Å²) in [5.41, 5.74) is -0.800. The molecule has 0 bridgehead atoms. The summed E-state index contributed by atoms with van der Waals surface area (Å²) in [6, 6.07) is 0. The minimum atomic E-state index is -1.12. The summed E-state index contributed by atoms with van der Waals surface area (Å²) in [6.07, 6.45) is 6.80. The Morgan fingerprint density at radius 2 is 1.04 bits per heavy atom. The molecule has 0 atom stereocenters. The molecule has 0 heterocycles. The predicted molar refractivity (Wildman–Crippen MR) is 95.8 cm³/mol. The lowest BCUT2D eigenvalue weighted by atomic mass is 9.84. The molecule has 0 aliphatic heterocycles. The van der Waals surface area contributed by atoms with Crippen LogP contribution in [-0.4, -0.2) is 72.9 Å². The monoisotopic (exact) mass is 392 g/mol. The van der Waals surface area contributed by atoms with E-state index < -0.39 is 43.1 Å². The van der Waals surface area contributed by atoms with Crippen molar-refractivity contribution in [2.75, 3.05) is 39.6 Å². The molecule has 0 saturated carbocycles. The molecule has 27 heavy (non-hydrogen) atoms. The largest absolute Gasteiger partial charge is 0.480 e. The summed E-state index contributed by atoms with van der Waals surface area (Å²) in [5.74, 6) is -3.37. The van der Waals surface area contributed by atoms with E-state index in [0.29, 0.717) is 6.42 Å². The Morgan fingerprint density at radius 1 is 0.667 bits per heavy atom. The van der Waals surface area contributed by atoms with Crippen LogP contribution in [0.2, 0.25) is 0 Å². The van der Waals surface area contributed by atoms with Crippen molar-refractivity contribution in [3.8, 4) is 0 Å². The molecule has 158 valence electrons. The molecule has 0 aliphatic rings. The minimum absolute atomic E-state index is 0.0203. The zero-order valence-electron chi connectivity index (χ0n) is 16.0. The number of carboxylic acids is 3. The lowest BCUT2D eigenvalue weighted by Crippen LogP contribution is -2.39. The third-order valence-electron chi connectivity index (χ3n) is 3.96. The van der Waals surface area contributed by atoms with Gasteiger partial charge in [-0.15, -0.1) is 0 Å². The molecule has 0 amide bonds. The lowest BCUT2D eigenvalue weighted by molar-refractivity contribution is -0.151. The topological polar surface area (TPSA) is 140 Å². The molecule has 0 aromatic carbocycles. The number of carboxylic acid groups (broad SMARTS) is 3. The Bertz CT molecular complexity index is 386. The molecule has 0 spiro atoms. The van der Waals surface area contributed by atoms with Gasteiger partial charge in [0.05, 0.1) is 19.8 Å². The van der Waals surface area contributed by atoms with Crippen LogP contribution in [0, 0.1) is 5.41 Å². The van der Waals surface area contributed by atoms with Crippen LogP contribution >= 0.6 is 0 Å². The first-order chi connectivity index (χ1) is 12.8. The first-order valence-electron chi connectivity index (χ1n) is 9.20. The van der Waals surface area contributed by atoms with Crippen molar-refractivity contribution in [1.29, 1.82) is 0 Å². The molecule has 0 rings (SSSR count). The molecular weight excluding hydrogens is 360 g/mol. The van der Waals surface area contributed by atoms with Gasteiger partial charge in [0.1, 0.15) is 19.8 Å². The number of unbranched alkanes of at least 4 members (excludes halogenated alkanes) is 5. The van der Waals surface area contributed by atoms with Gasteiger partial charge in [0, 0.05) is 5.41 Å². The Labute approximate surface area is 159 Å². The van der Waals surface area contributed by atoms with E-state index in [1.165, 1.54) is 0 Å². The molecule has 0 radical (unpaired) electrons. The van der Waals surface area contributed by atoms with Crippen LogP contribution in [0.4, 0.5) is 0 Å². The molecule has 0 aromatic rings. The second-order valence-electron chi connectivity index (χ2n) is 6.68. The number of hydrogen-bond donors (Lipinski definition) is 3. The van der Waals surface area contributed by atoms with E-state index in [1.807, 2.05) is 0 Å². The number of aliphatic carboxylic acids is 3. The second-order valence-corrected chi connectivity index (χ2v) is 6.68. The average Bonchev–Trinajstić information content (AvgIpc) is 2.57. The van der Waals surface area contributed by atoms with Crippen LogP contribution < -0.4 is 0 Å². The summed E-state index contributed by atoms with van der Waals surface area (Å²) >= 11 is 0. The summed E-state index contributed by atoms with van der Waals surface area (Å²) in [4.78, 5) is 32.1. The van der Waals surface area contributed by atoms with Crippen molar-refractivity contribution in [2.45, 2.75) is 51.9 Å². The normalized spacial score (nSPS) is 11.4. The van der Waals surface area contributed by atoms with Crippen molar-refractivity contribution < 1.29 is 43.9 Å². The second kappa shape index (κ2) is 15.4. The maximum Gasteiger partial charge on any atom is 0.329 e. The van der Waals surface area contributed by atoms with E-state index in [4.69, 9.17) is 29.5 Å². The predicted octanol–water partition coefficient (Wildman–Crippen LogP) is 2.03. The summed E-state index contributed by atoms with van der Waals surface area (Å²) < 4.78 is 15.7. The van der Waals surface area contributed by atoms with Crippen LogP contribution in [0.15, 0.2) is 0 Å². The minimum Gasteiger partial charge on any atom is -0.480 e. The van der Waals surface area contributed by atoms with E-state index >= 15 is 0 Å². The quantitative estimate of drug-likeness (QED) is 0.282. The highest BCUT2D eigenvalue weighted by Gasteiger charge is 2.32. The highest BCUT2D eigenvalue weighted by molar-refractivity contribution is 5.68. The molecule has 0 aromatic heterocycles. The number of rotatable bonds is 19. The molecular formula is C18H32O9. The van der Waals surface area contributed by atoms with E-state index in [-0.39, 0.29) is 19.8 Å². The highest BCUT2D eigenvalue weighted by Crippen LogP contribution is 2.28. The van der Waals surface area contributed by atoms with Crippen molar-refractivity contribution in [1.82, 2.24) is 0 Å². The molecule has 3 N–H and O–H groups in total. The Morgan fingerprint density at radius 3 is 1.41 bits per heavy atom. The van der Waals surface area contributed by atoms with Gasteiger partial charge in [0.2, 0.25) is 0 Å². The highest BCUT2D eigenvalue weighted by atomic mass is 16.5. The molecule has 9 heteroatoms. The number of ether oxygens (including phenoxy) is 3. The fourth-order valence-electron chi connectivity index (χ4n) is 2.69. The summed E-state index contributed by atoms with van der Waals surface area (Å²) in [7, 11) is 0. The van der Waals surface area contributed by atoms with Crippen molar-refractivity contribution in [3.05, 3.63) is 0 Å². The standard InChI is InChI=1S/C18H32O9/c1-2-3-4-5-6-7-8-18(12-25-9-15(19)20,13-26-10-16(21)22)14-27-11-17(23)24/h2-14H2,1H3,(H,19,20)(H,21,22)(H,23,24). The van der Waals surface area contributed by atoms with Gasteiger partial charge >= 0.3 is 17.9 Å². The van der Waals surface area contributed by atoms with Crippen molar-refractivity contribution in [3.63, 3.8) is 0 Å². The van der Waals surface area contributed by atoms with Crippen LogP contribution in [-0.2, 0) is 28.6 Å². The van der Waals surface area contributed by atoms with Crippen molar-refractivity contribution in [2.24, 2.45) is 5.41 Å². The van der Waals surface area contributed by atoms with Crippen LogP contribution in [0.3, 0.4) is 0 Å². The maximum absolute atomic E-state index is 10.7. The third kappa shape index (κ3) is 15.1. The zero-order valence-corrected chi connectivity index (χ0v) is 16.0. The number of hydrogen-bond acceptors (Lipinski definition) is 6. The number of carbonyl (C=O) groups is 3. The van der Waals surface area contributed by atoms with E-state index in [1.54, 1.807) is 0 Å². The fraction of sp³-hybridized carbons (Fsp3) is 0.833. The van der Waals surface area contributed by atoms with Gasteiger partial charge in [-0.1, -0.05) is 45.4 Å². The Balaban J connectivity index is 4.83. The Hall–Kier alpha value is -1.71. The van der Waals surface area contributed by atoms with Gasteiger partial charge in [-0.25, -0.2) is 14.4 Å². The van der Waals surface area contributed by atoms with Gasteiger partial charge < -0.3 is 29.5 Å². The van der Waals surface area contributed by atoms with Crippen LogP contribution in [0.1, 0.15) is 51.9 Å². The molecule has 9 nitrogen and oxygen atoms in total. The van der Waals surface area contributed by atoms with Crippen molar-refractivity contribution >= 4 is 17.9 Å². The third-order valence-corrected chi connectivity index (χ3v) is 3.96. The molecule has 0 unspecified atom stereocenters. The van der Waals surface area contributed by atoms with Gasteiger partial charge in [-0.2, -0.15) is 0 Å². The SMILES string of the molecule is CCCCCCCCC(COCC(=O)O)(COCC(=O)O)COCC(=O)O. The summed E-state index contributed by atoms with van der Waals surface area (Å²) in [5, 5.41) is 26.3. The Kier molecular flexibility index (Phi) is 14.4. The smallest absolute Gasteiger partial charge is 0.329 e. The van der Waals surface area contributed by atoms with Crippen LogP contribution in [0.25, 0.3) is 0 Å². The molecule has 0 fully saturated rings. The lowest BCUT2D eigenvalue weighted by Gasteiger charge is -2.33. The van der Waals surface area contributed by atoms with Gasteiger partial charge in [-0.05, 0) is 6.42 Å². The maximum atomic E-state index is 10.7. The zero-order chi connectivity index (χ0) is 20.5. The first kappa shape index (κ1) is 25.3. The summed E-state index contributed by atoms with van der Waals surface area (Å²) in [6.45, 7) is 0.557. The van der Waals surface area contributed by atoms with E-state index in [9.17, 15) is 14.4 Å². The van der Waals surface area contributed by atoms with Gasteiger partial charge in [0.15, 0.2) is 0 Å². The fourth-order valence-corrected chi connectivity index (χ4v) is 2.69. The van der Waals surface area contributed by atoms with Gasteiger partial charge in [-0.3, -0.25) is 0 Å².